The molecule has 0 bridgehead atoms. The van der Waals surface area contributed by atoms with E-state index in [0.29, 0.717) is 13.0 Å². The molecule has 3 fully saturated rings. The maximum atomic E-state index is 12.4. The summed E-state index contributed by atoms with van der Waals surface area (Å²) in [5, 5.41) is 0. The molecular weight excluding hydrogens is 242 g/mol. The molecule has 1 unspecified atom stereocenters. The maximum Gasteiger partial charge on any atom is 0.242 e. The number of likely N-dealkylation sites (tertiary alicyclic amines) is 2. The third kappa shape index (κ3) is 2.24. The lowest BCUT2D eigenvalue weighted by molar-refractivity contribution is -0.144. The minimum absolute atomic E-state index is 0.107. The Kier molecular flexibility index (Phi) is 3.25. The van der Waals surface area contributed by atoms with Crippen LogP contribution in [0.2, 0.25) is 0 Å². The molecule has 5 nitrogen and oxygen atoms in total. The van der Waals surface area contributed by atoms with Gasteiger partial charge in [-0.1, -0.05) is 0 Å². The van der Waals surface area contributed by atoms with Crippen molar-refractivity contribution >= 4 is 11.8 Å². The molecule has 0 aromatic heterocycles. The molecule has 3 rings (SSSR count). The fourth-order valence-electron chi connectivity index (χ4n) is 3.54. The van der Waals surface area contributed by atoms with Gasteiger partial charge in [-0.15, -0.1) is 0 Å². The van der Waals surface area contributed by atoms with Crippen LogP contribution in [0.3, 0.4) is 0 Å². The predicted octanol–water partition coefficient (Wildman–Crippen LogP) is 0.481. The third-order valence-electron chi connectivity index (χ3n) is 4.91. The average molecular weight is 265 g/mol. The molecule has 0 aromatic rings. The van der Waals surface area contributed by atoms with Crippen LogP contribution in [-0.2, 0) is 9.59 Å². The Balaban J connectivity index is 1.64. The number of nitrogens with zero attached hydrogens (tertiary/aromatic N) is 2. The maximum absolute atomic E-state index is 12.4. The fraction of sp³-hybridized carbons (Fsp3) is 0.857. The molecule has 2 amide bonds. The Morgan fingerprint density at radius 1 is 1.21 bits per heavy atom. The van der Waals surface area contributed by atoms with Crippen LogP contribution >= 0.6 is 0 Å². The predicted molar refractivity (Wildman–Crippen MR) is 71.3 cm³/mol. The molecule has 2 N–H and O–H groups in total. The SMILES string of the molecule is NC1(C(=O)N2CCCC(N3CCCC3=O)C2)CCC1. The number of carbonyl (C=O) groups excluding carboxylic acids is 2. The first-order valence-electron chi connectivity index (χ1n) is 7.48. The van der Waals surface area contributed by atoms with E-state index in [2.05, 4.69) is 0 Å². The second-order valence-electron chi connectivity index (χ2n) is 6.25. The number of carbonyl (C=O) groups is 2. The molecule has 2 saturated heterocycles. The Bertz CT molecular complexity index is 392. The van der Waals surface area contributed by atoms with E-state index in [9.17, 15) is 9.59 Å². The smallest absolute Gasteiger partial charge is 0.242 e. The van der Waals surface area contributed by atoms with Gasteiger partial charge in [0.05, 0.1) is 5.54 Å². The van der Waals surface area contributed by atoms with Crippen molar-refractivity contribution in [2.45, 2.75) is 56.5 Å². The standard InChI is InChI=1S/C14H23N3O2/c15-14(6-3-7-14)13(19)16-8-1-4-11(10-16)17-9-2-5-12(17)18/h11H,1-10,15H2. The van der Waals surface area contributed by atoms with E-state index in [-0.39, 0.29) is 17.9 Å². The van der Waals surface area contributed by atoms with Crippen molar-refractivity contribution in [1.29, 1.82) is 0 Å². The summed E-state index contributed by atoms with van der Waals surface area (Å²) in [5.74, 6) is 0.362. The van der Waals surface area contributed by atoms with E-state index in [0.717, 1.165) is 51.6 Å². The average Bonchev–Trinajstić information content (AvgIpc) is 2.81. The van der Waals surface area contributed by atoms with Gasteiger partial charge in [-0.25, -0.2) is 0 Å². The monoisotopic (exact) mass is 265 g/mol. The summed E-state index contributed by atoms with van der Waals surface area (Å²) in [7, 11) is 0. The number of nitrogens with two attached hydrogens (primary N) is 1. The summed E-state index contributed by atoms with van der Waals surface area (Å²) < 4.78 is 0. The highest BCUT2D eigenvalue weighted by molar-refractivity contribution is 5.87. The van der Waals surface area contributed by atoms with Crippen molar-refractivity contribution in [3.05, 3.63) is 0 Å². The quantitative estimate of drug-likeness (QED) is 0.790. The van der Waals surface area contributed by atoms with Gasteiger partial charge in [0, 0.05) is 32.1 Å². The highest BCUT2D eigenvalue weighted by Crippen LogP contribution is 2.32. The van der Waals surface area contributed by atoms with Crippen molar-refractivity contribution in [2.24, 2.45) is 5.73 Å². The van der Waals surface area contributed by atoms with Gasteiger partial charge in [-0.3, -0.25) is 9.59 Å². The summed E-state index contributed by atoms with van der Waals surface area (Å²) in [5.41, 5.74) is 5.53. The van der Waals surface area contributed by atoms with Gasteiger partial charge >= 0.3 is 0 Å². The second kappa shape index (κ2) is 4.78. The minimum Gasteiger partial charge on any atom is -0.339 e. The highest BCUT2D eigenvalue weighted by atomic mass is 16.2. The third-order valence-corrected chi connectivity index (χ3v) is 4.91. The van der Waals surface area contributed by atoms with E-state index in [1.165, 1.54) is 0 Å². The topological polar surface area (TPSA) is 66.6 Å². The van der Waals surface area contributed by atoms with Crippen LogP contribution in [0.1, 0.15) is 44.9 Å². The summed E-state index contributed by atoms with van der Waals surface area (Å²) in [6, 6.07) is 0.219. The van der Waals surface area contributed by atoms with Crippen LogP contribution in [0.15, 0.2) is 0 Å². The lowest BCUT2D eigenvalue weighted by Crippen LogP contribution is -2.62. The zero-order chi connectivity index (χ0) is 13.5. The molecule has 0 spiro atoms. The largest absolute Gasteiger partial charge is 0.339 e. The van der Waals surface area contributed by atoms with Crippen LogP contribution in [0.5, 0.6) is 0 Å². The summed E-state index contributed by atoms with van der Waals surface area (Å²) in [6.07, 6.45) is 6.33. The molecule has 19 heavy (non-hydrogen) atoms. The van der Waals surface area contributed by atoms with Crippen LogP contribution in [0.25, 0.3) is 0 Å². The van der Waals surface area contributed by atoms with Gasteiger partial charge in [0.25, 0.3) is 0 Å². The van der Waals surface area contributed by atoms with E-state index in [1.807, 2.05) is 9.80 Å². The molecular formula is C14H23N3O2. The normalized spacial score (nSPS) is 30.4. The van der Waals surface area contributed by atoms with Gasteiger partial charge in [-0.2, -0.15) is 0 Å². The van der Waals surface area contributed by atoms with E-state index in [4.69, 9.17) is 5.73 Å². The molecule has 2 aliphatic heterocycles. The zero-order valence-electron chi connectivity index (χ0n) is 11.4. The number of hydrogen-bond donors (Lipinski definition) is 1. The summed E-state index contributed by atoms with van der Waals surface area (Å²) in [6.45, 7) is 2.35. The number of piperidine rings is 1. The van der Waals surface area contributed by atoms with Crippen molar-refractivity contribution in [3.63, 3.8) is 0 Å². The Hall–Kier alpha value is -1.10. The van der Waals surface area contributed by atoms with Crippen LogP contribution in [-0.4, -0.2) is 52.8 Å². The molecule has 0 aromatic carbocycles. The van der Waals surface area contributed by atoms with Crippen molar-refractivity contribution in [1.82, 2.24) is 9.80 Å². The molecule has 3 aliphatic rings. The Labute approximate surface area is 114 Å². The zero-order valence-corrected chi connectivity index (χ0v) is 11.4. The number of hydrogen-bond acceptors (Lipinski definition) is 3. The lowest BCUT2D eigenvalue weighted by Gasteiger charge is -2.44. The summed E-state index contributed by atoms with van der Waals surface area (Å²) in [4.78, 5) is 28.1. The Morgan fingerprint density at radius 2 is 2.00 bits per heavy atom. The first kappa shape index (κ1) is 12.9. The van der Waals surface area contributed by atoms with Crippen molar-refractivity contribution < 1.29 is 9.59 Å². The van der Waals surface area contributed by atoms with Gasteiger partial charge < -0.3 is 15.5 Å². The van der Waals surface area contributed by atoms with Gasteiger partial charge in [0.1, 0.15) is 0 Å². The number of rotatable bonds is 2. The van der Waals surface area contributed by atoms with Crippen LogP contribution < -0.4 is 5.73 Å². The van der Waals surface area contributed by atoms with Crippen molar-refractivity contribution in [3.8, 4) is 0 Å². The van der Waals surface area contributed by atoms with Gasteiger partial charge in [0.2, 0.25) is 11.8 Å². The Morgan fingerprint density at radius 3 is 2.58 bits per heavy atom. The van der Waals surface area contributed by atoms with E-state index >= 15 is 0 Å². The molecule has 2 heterocycles. The molecule has 1 aliphatic carbocycles. The highest BCUT2D eigenvalue weighted by Gasteiger charge is 2.44. The second-order valence-corrected chi connectivity index (χ2v) is 6.25. The first-order valence-corrected chi connectivity index (χ1v) is 7.48. The molecule has 1 atom stereocenters. The molecule has 5 heteroatoms. The van der Waals surface area contributed by atoms with Gasteiger partial charge in [0.15, 0.2) is 0 Å². The molecule has 1 saturated carbocycles. The summed E-state index contributed by atoms with van der Waals surface area (Å²) >= 11 is 0. The minimum atomic E-state index is -0.600. The van der Waals surface area contributed by atoms with E-state index < -0.39 is 5.54 Å². The molecule has 106 valence electrons. The van der Waals surface area contributed by atoms with E-state index in [1.54, 1.807) is 0 Å². The lowest BCUT2D eigenvalue weighted by atomic mass is 9.76. The van der Waals surface area contributed by atoms with Crippen LogP contribution in [0, 0.1) is 0 Å². The van der Waals surface area contributed by atoms with Gasteiger partial charge in [-0.05, 0) is 38.5 Å². The fourth-order valence-corrected chi connectivity index (χ4v) is 3.54. The van der Waals surface area contributed by atoms with Crippen molar-refractivity contribution in [2.75, 3.05) is 19.6 Å². The first-order chi connectivity index (χ1) is 9.10. The van der Waals surface area contributed by atoms with Crippen LogP contribution in [0.4, 0.5) is 0 Å². The molecule has 0 radical (unpaired) electrons. The number of amides is 2.